The van der Waals surface area contributed by atoms with Crippen LogP contribution in [0.3, 0.4) is 0 Å². The third-order valence-electron chi connectivity index (χ3n) is 5.94. The van der Waals surface area contributed by atoms with Crippen molar-refractivity contribution in [2.45, 2.75) is 38.5 Å². The molecule has 4 heterocycles. The van der Waals surface area contributed by atoms with Crippen LogP contribution in [0.5, 0.6) is 5.75 Å². The molecule has 3 aromatic rings. The summed E-state index contributed by atoms with van der Waals surface area (Å²) in [5.41, 5.74) is 3.39. The Hall–Kier alpha value is -2.48. The summed E-state index contributed by atoms with van der Waals surface area (Å²) in [6.07, 6.45) is 2.55. The smallest absolute Gasteiger partial charge is 0.261 e. The van der Waals surface area contributed by atoms with Crippen LogP contribution < -0.4 is 10.1 Å². The first-order valence-electron chi connectivity index (χ1n) is 10.7. The fourth-order valence-corrected chi connectivity index (χ4v) is 5.73. The van der Waals surface area contributed by atoms with Crippen molar-refractivity contribution in [1.29, 1.82) is 0 Å². The number of hydrogen-bond acceptors (Lipinski definition) is 6. The summed E-state index contributed by atoms with van der Waals surface area (Å²) >= 11 is 1.43. The fraction of sp³-hybridized carbons (Fsp3) is 0.417. The van der Waals surface area contributed by atoms with Crippen molar-refractivity contribution >= 4 is 27.5 Å². The molecule has 0 saturated carbocycles. The second-order valence-electron chi connectivity index (χ2n) is 8.86. The first-order chi connectivity index (χ1) is 14.9. The van der Waals surface area contributed by atoms with Crippen molar-refractivity contribution < 1.29 is 14.3 Å². The van der Waals surface area contributed by atoms with Crippen LogP contribution in [0.4, 0.5) is 0 Å². The Morgan fingerprint density at radius 2 is 2.23 bits per heavy atom. The van der Waals surface area contributed by atoms with Gasteiger partial charge in [-0.25, -0.2) is 4.98 Å². The number of thiophene rings is 1. The maximum atomic E-state index is 12.6. The van der Waals surface area contributed by atoms with E-state index in [0.717, 1.165) is 47.6 Å². The maximum absolute atomic E-state index is 12.6. The lowest BCUT2D eigenvalue weighted by atomic mass is 10.00. The van der Waals surface area contributed by atoms with Gasteiger partial charge < -0.3 is 14.8 Å². The lowest BCUT2D eigenvalue weighted by Gasteiger charge is -2.33. The highest BCUT2D eigenvalue weighted by atomic mass is 32.1. The number of rotatable bonds is 4. The maximum Gasteiger partial charge on any atom is 0.261 e. The number of ether oxygens (including phenoxy) is 2. The van der Waals surface area contributed by atoms with E-state index in [1.165, 1.54) is 22.5 Å². The molecule has 0 spiro atoms. The van der Waals surface area contributed by atoms with Crippen LogP contribution in [0.25, 0.3) is 10.2 Å². The van der Waals surface area contributed by atoms with Gasteiger partial charge in [0.15, 0.2) is 0 Å². The van der Waals surface area contributed by atoms with Crippen LogP contribution in [0, 0.1) is 0 Å². The van der Waals surface area contributed by atoms with E-state index in [1.807, 2.05) is 12.1 Å². The Kier molecular flexibility index (Phi) is 5.20. The van der Waals surface area contributed by atoms with E-state index in [0.29, 0.717) is 11.5 Å². The predicted octanol–water partition coefficient (Wildman–Crippen LogP) is 3.94. The Morgan fingerprint density at radius 1 is 1.35 bits per heavy atom. The zero-order valence-corrected chi connectivity index (χ0v) is 18.9. The van der Waals surface area contributed by atoms with Gasteiger partial charge in [-0.1, -0.05) is 18.2 Å². The van der Waals surface area contributed by atoms with Crippen LogP contribution >= 0.6 is 11.3 Å². The average Bonchev–Trinajstić information content (AvgIpc) is 3.29. The van der Waals surface area contributed by atoms with Gasteiger partial charge in [-0.2, -0.15) is 0 Å². The van der Waals surface area contributed by atoms with Crippen molar-refractivity contribution in [2.24, 2.45) is 0 Å². The molecule has 1 N–H and O–H groups in total. The SMILES string of the molecule is CNC(=O)c1sc2ncccc2c1[C@@H]1CN(Cc2ccc3c(c2)CC(C)(C)O3)CCO1. The highest BCUT2D eigenvalue weighted by molar-refractivity contribution is 7.20. The number of carbonyl (C=O) groups excluding carboxylic acids is 1. The number of amides is 1. The van der Waals surface area contributed by atoms with Gasteiger partial charge in [0.05, 0.1) is 12.7 Å². The molecule has 1 saturated heterocycles. The molecule has 0 radical (unpaired) electrons. The number of nitrogens with one attached hydrogen (secondary N) is 1. The van der Waals surface area contributed by atoms with Crippen LogP contribution in [0.2, 0.25) is 0 Å². The van der Waals surface area contributed by atoms with E-state index in [9.17, 15) is 4.79 Å². The molecule has 2 aliphatic rings. The van der Waals surface area contributed by atoms with Gasteiger partial charge in [0.25, 0.3) is 5.91 Å². The number of nitrogens with zero attached hydrogens (tertiary/aromatic N) is 2. The Bertz CT molecular complexity index is 1140. The third kappa shape index (κ3) is 3.93. The summed E-state index contributed by atoms with van der Waals surface area (Å²) in [6.45, 7) is 7.35. The minimum absolute atomic E-state index is 0.0834. The number of benzene rings is 1. The van der Waals surface area contributed by atoms with E-state index in [-0.39, 0.29) is 17.6 Å². The summed E-state index contributed by atoms with van der Waals surface area (Å²) in [7, 11) is 1.66. The van der Waals surface area contributed by atoms with Crippen molar-refractivity contribution in [3.05, 3.63) is 58.1 Å². The zero-order valence-electron chi connectivity index (χ0n) is 18.1. The van der Waals surface area contributed by atoms with Gasteiger partial charge in [0, 0.05) is 50.2 Å². The van der Waals surface area contributed by atoms with Crippen molar-refractivity contribution in [3.8, 4) is 5.75 Å². The minimum atomic E-state index is -0.157. The Morgan fingerprint density at radius 3 is 3.06 bits per heavy atom. The molecule has 0 bridgehead atoms. The second-order valence-corrected chi connectivity index (χ2v) is 9.85. The molecule has 0 aliphatic carbocycles. The van der Waals surface area contributed by atoms with Crippen LogP contribution in [0.1, 0.15) is 46.3 Å². The highest BCUT2D eigenvalue weighted by Gasteiger charge is 2.32. The molecule has 1 atom stereocenters. The molecule has 1 aromatic carbocycles. The molecule has 2 aromatic heterocycles. The average molecular weight is 438 g/mol. The Labute approximate surface area is 186 Å². The van der Waals surface area contributed by atoms with Gasteiger partial charge in [-0.15, -0.1) is 11.3 Å². The summed E-state index contributed by atoms with van der Waals surface area (Å²) in [5.74, 6) is 0.918. The van der Waals surface area contributed by atoms with E-state index < -0.39 is 0 Å². The zero-order chi connectivity index (χ0) is 21.6. The largest absolute Gasteiger partial charge is 0.487 e. The monoisotopic (exact) mass is 437 g/mol. The first kappa shape index (κ1) is 20.4. The number of hydrogen-bond donors (Lipinski definition) is 1. The molecule has 7 heteroatoms. The molecule has 1 fully saturated rings. The molecule has 1 amide bonds. The van der Waals surface area contributed by atoms with E-state index in [2.05, 4.69) is 47.2 Å². The quantitative estimate of drug-likeness (QED) is 0.670. The topological polar surface area (TPSA) is 63.7 Å². The van der Waals surface area contributed by atoms with Gasteiger partial charge in [-0.05, 0) is 37.1 Å². The van der Waals surface area contributed by atoms with Gasteiger partial charge in [0.2, 0.25) is 0 Å². The highest BCUT2D eigenvalue weighted by Crippen LogP contribution is 2.38. The minimum Gasteiger partial charge on any atom is -0.487 e. The van der Waals surface area contributed by atoms with Crippen LogP contribution in [0.15, 0.2) is 36.5 Å². The lowest BCUT2D eigenvalue weighted by Crippen LogP contribution is -2.38. The molecular weight excluding hydrogens is 410 g/mol. The van der Waals surface area contributed by atoms with Gasteiger partial charge in [0.1, 0.15) is 21.1 Å². The van der Waals surface area contributed by atoms with E-state index in [1.54, 1.807) is 13.2 Å². The van der Waals surface area contributed by atoms with Gasteiger partial charge >= 0.3 is 0 Å². The summed E-state index contributed by atoms with van der Waals surface area (Å²) < 4.78 is 12.2. The summed E-state index contributed by atoms with van der Waals surface area (Å²) in [5, 5.41) is 3.78. The molecule has 0 unspecified atom stereocenters. The van der Waals surface area contributed by atoms with Crippen LogP contribution in [-0.2, 0) is 17.7 Å². The Balaban J connectivity index is 1.39. The van der Waals surface area contributed by atoms with Gasteiger partial charge in [-0.3, -0.25) is 9.69 Å². The molecule has 2 aliphatic heterocycles. The number of carbonyl (C=O) groups is 1. The first-order valence-corrected chi connectivity index (χ1v) is 11.5. The number of morpholine rings is 1. The number of aromatic nitrogens is 1. The van der Waals surface area contributed by atoms with Crippen molar-refractivity contribution in [2.75, 3.05) is 26.7 Å². The molecule has 5 rings (SSSR count). The van der Waals surface area contributed by atoms with Crippen molar-refractivity contribution in [1.82, 2.24) is 15.2 Å². The standard InChI is InChI=1S/C24H27N3O3S/c1-24(2)12-16-11-15(6-7-18(16)30-24)13-27-9-10-29-19(14-27)20-17-5-4-8-26-23(17)31-21(20)22(28)25-3/h4-8,11,19H,9-10,12-14H2,1-3H3,(H,25,28)/t19-/m0/s1. The third-order valence-corrected chi connectivity index (χ3v) is 7.07. The summed E-state index contributed by atoms with van der Waals surface area (Å²) in [4.78, 5) is 21.0. The second kappa shape index (κ2) is 7.89. The lowest BCUT2D eigenvalue weighted by molar-refractivity contribution is -0.0323. The molecule has 6 nitrogen and oxygen atoms in total. The van der Waals surface area contributed by atoms with E-state index in [4.69, 9.17) is 9.47 Å². The normalized spacial score (nSPS) is 20.4. The van der Waals surface area contributed by atoms with Crippen LogP contribution in [-0.4, -0.2) is 48.1 Å². The molecular formula is C24H27N3O3S. The fourth-order valence-electron chi connectivity index (χ4n) is 4.59. The predicted molar refractivity (Wildman–Crippen MR) is 122 cm³/mol. The molecule has 162 valence electrons. The summed E-state index contributed by atoms with van der Waals surface area (Å²) in [6, 6.07) is 10.5. The van der Waals surface area contributed by atoms with E-state index >= 15 is 0 Å². The number of pyridine rings is 1. The molecule has 31 heavy (non-hydrogen) atoms. The van der Waals surface area contributed by atoms with Crippen molar-refractivity contribution in [3.63, 3.8) is 0 Å². The number of fused-ring (bicyclic) bond motifs is 2.